The van der Waals surface area contributed by atoms with Crippen LogP contribution in [0.1, 0.15) is 12.0 Å². The molecule has 2 heterocycles. The van der Waals surface area contributed by atoms with Gasteiger partial charge in [0.2, 0.25) is 5.95 Å². The molecule has 2 aromatic heterocycles. The highest BCUT2D eigenvalue weighted by atomic mass is 16.5. The van der Waals surface area contributed by atoms with E-state index in [-0.39, 0.29) is 24.3 Å². The fourth-order valence-electron chi connectivity index (χ4n) is 2.94. The molecule has 0 bridgehead atoms. The zero-order chi connectivity index (χ0) is 21.0. The van der Waals surface area contributed by atoms with Gasteiger partial charge in [0.1, 0.15) is 18.5 Å². The maximum atomic E-state index is 12.4. The molecule has 0 aliphatic carbocycles. The van der Waals surface area contributed by atoms with Crippen LogP contribution in [0.15, 0.2) is 33.9 Å². The van der Waals surface area contributed by atoms with Gasteiger partial charge < -0.3 is 25.5 Å². The molecule has 156 valence electrons. The van der Waals surface area contributed by atoms with Crippen LogP contribution in [0.3, 0.4) is 0 Å². The van der Waals surface area contributed by atoms with E-state index >= 15 is 0 Å². The number of aliphatic hydroxyl groups is 1. The number of hydrogen-bond acceptors (Lipinski definition) is 7. The van der Waals surface area contributed by atoms with Gasteiger partial charge in [0.25, 0.3) is 5.56 Å². The van der Waals surface area contributed by atoms with Gasteiger partial charge in [0.05, 0.1) is 6.54 Å². The second-order valence-electron chi connectivity index (χ2n) is 6.88. The summed E-state index contributed by atoms with van der Waals surface area (Å²) in [6.07, 6.45) is -0.196. The van der Waals surface area contributed by atoms with Gasteiger partial charge in [-0.25, -0.2) is 4.79 Å². The van der Waals surface area contributed by atoms with E-state index < -0.39 is 17.4 Å². The lowest BCUT2D eigenvalue weighted by Gasteiger charge is -2.16. The van der Waals surface area contributed by atoms with Crippen molar-refractivity contribution in [2.45, 2.75) is 26.0 Å². The Morgan fingerprint density at radius 2 is 2.03 bits per heavy atom. The second kappa shape index (κ2) is 8.93. The van der Waals surface area contributed by atoms with Crippen molar-refractivity contribution in [1.82, 2.24) is 19.1 Å². The van der Waals surface area contributed by atoms with Gasteiger partial charge in [0.15, 0.2) is 11.2 Å². The third-order valence-electron chi connectivity index (χ3n) is 4.53. The zero-order valence-electron chi connectivity index (χ0n) is 16.5. The van der Waals surface area contributed by atoms with E-state index in [9.17, 15) is 14.7 Å². The number of fused-ring (bicyclic) bond motifs is 1. The molecular weight excluding hydrogens is 376 g/mol. The van der Waals surface area contributed by atoms with Crippen molar-refractivity contribution in [3.63, 3.8) is 0 Å². The molecule has 0 fully saturated rings. The Labute approximate surface area is 166 Å². The fourth-order valence-corrected chi connectivity index (χ4v) is 2.94. The average Bonchev–Trinajstić information content (AvgIpc) is 3.05. The van der Waals surface area contributed by atoms with Crippen LogP contribution in [0.4, 0.5) is 5.95 Å². The first-order valence-electron chi connectivity index (χ1n) is 9.41. The van der Waals surface area contributed by atoms with Crippen LogP contribution in [0.5, 0.6) is 5.75 Å². The lowest BCUT2D eigenvalue weighted by Crippen LogP contribution is -2.31. The van der Waals surface area contributed by atoms with Gasteiger partial charge in [0, 0.05) is 13.6 Å². The molecule has 0 amide bonds. The number of anilines is 1. The summed E-state index contributed by atoms with van der Waals surface area (Å²) in [6, 6.07) is 7.50. The summed E-state index contributed by atoms with van der Waals surface area (Å²) in [6.45, 7) is 3.12. The Balaban J connectivity index is 1.86. The minimum absolute atomic E-state index is 0.0364. The van der Waals surface area contributed by atoms with E-state index in [0.717, 1.165) is 5.56 Å². The number of aromatic amines is 1. The molecule has 0 aliphatic heterocycles. The van der Waals surface area contributed by atoms with Crippen LogP contribution in [0.2, 0.25) is 0 Å². The molecule has 3 aromatic rings. The number of nitrogens with two attached hydrogens (primary N) is 1. The van der Waals surface area contributed by atoms with Crippen LogP contribution in [-0.2, 0) is 13.6 Å². The topological polar surface area (TPSA) is 140 Å². The summed E-state index contributed by atoms with van der Waals surface area (Å²) < 4.78 is 8.46. The van der Waals surface area contributed by atoms with E-state index in [1.54, 1.807) is 4.57 Å². The lowest BCUT2D eigenvalue weighted by molar-refractivity contribution is 0.0938. The van der Waals surface area contributed by atoms with Crippen molar-refractivity contribution in [2.24, 2.45) is 12.8 Å². The number of benzene rings is 1. The average molecular weight is 402 g/mol. The quantitative estimate of drug-likeness (QED) is 0.367. The molecule has 1 aromatic carbocycles. The molecular formula is C19H26N6O4. The highest BCUT2D eigenvalue weighted by molar-refractivity contribution is 5.74. The van der Waals surface area contributed by atoms with Crippen molar-refractivity contribution in [2.75, 3.05) is 25.0 Å². The number of rotatable bonds is 9. The first-order chi connectivity index (χ1) is 13.9. The van der Waals surface area contributed by atoms with Crippen LogP contribution < -0.4 is 27.0 Å². The first-order valence-corrected chi connectivity index (χ1v) is 9.41. The number of nitrogens with zero attached hydrogens (tertiary/aromatic N) is 3. The Bertz CT molecular complexity index is 1080. The van der Waals surface area contributed by atoms with E-state index in [1.807, 2.05) is 31.2 Å². The lowest BCUT2D eigenvalue weighted by atomic mass is 10.2. The minimum atomic E-state index is -0.902. The first kappa shape index (κ1) is 20.6. The Morgan fingerprint density at radius 1 is 1.31 bits per heavy atom. The number of hydrogen-bond donors (Lipinski definition) is 4. The normalized spacial score (nSPS) is 12.3. The Hall–Kier alpha value is -3.11. The van der Waals surface area contributed by atoms with Gasteiger partial charge >= 0.3 is 5.69 Å². The molecule has 10 nitrogen and oxygen atoms in total. The summed E-state index contributed by atoms with van der Waals surface area (Å²) >= 11 is 0. The molecule has 0 radical (unpaired) electrons. The predicted octanol–water partition coefficient (Wildman–Crippen LogP) is -0.0677. The number of imidazole rings is 1. The maximum absolute atomic E-state index is 12.4. The number of aryl methyl sites for hydroxylation is 2. The smallest absolute Gasteiger partial charge is 0.329 e. The molecule has 1 atom stereocenters. The minimum Gasteiger partial charge on any atom is -0.491 e. The molecule has 0 saturated carbocycles. The number of aromatic nitrogens is 4. The summed E-state index contributed by atoms with van der Waals surface area (Å²) in [5, 5.41) is 13.6. The van der Waals surface area contributed by atoms with Gasteiger partial charge in [-0.05, 0) is 32.0 Å². The van der Waals surface area contributed by atoms with Crippen molar-refractivity contribution < 1.29 is 9.84 Å². The highest BCUT2D eigenvalue weighted by Crippen LogP contribution is 2.17. The molecule has 0 unspecified atom stereocenters. The van der Waals surface area contributed by atoms with Crippen molar-refractivity contribution >= 4 is 17.1 Å². The standard InChI is InChI=1S/C19H26N6O4/c1-12-4-6-14(7-5-12)29-11-13(26)10-25-15-16(22-18(25)21-9-3-8-20)24(2)19(28)23-17(15)27/h4-7,13,26H,3,8-11,20H2,1-2H3,(H,21,22)(H,23,27,28)/t13-/m1/s1. The molecule has 5 N–H and O–H groups in total. The van der Waals surface area contributed by atoms with Gasteiger partial charge in [-0.2, -0.15) is 4.98 Å². The van der Waals surface area contributed by atoms with Crippen molar-refractivity contribution in [3.05, 3.63) is 50.7 Å². The zero-order valence-corrected chi connectivity index (χ0v) is 16.5. The second-order valence-corrected chi connectivity index (χ2v) is 6.88. The molecule has 29 heavy (non-hydrogen) atoms. The van der Waals surface area contributed by atoms with Gasteiger partial charge in [-0.15, -0.1) is 0 Å². The number of aliphatic hydroxyl groups excluding tert-OH is 1. The van der Waals surface area contributed by atoms with E-state index in [4.69, 9.17) is 10.5 Å². The molecule has 0 aliphatic rings. The largest absolute Gasteiger partial charge is 0.491 e. The van der Waals surface area contributed by atoms with Crippen molar-refractivity contribution in [1.29, 1.82) is 0 Å². The van der Waals surface area contributed by atoms with E-state index in [1.165, 1.54) is 11.6 Å². The predicted molar refractivity (Wildman–Crippen MR) is 110 cm³/mol. The molecule has 0 saturated heterocycles. The van der Waals surface area contributed by atoms with Crippen LogP contribution in [0, 0.1) is 6.92 Å². The summed E-state index contributed by atoms with van der Waals surface area (Å²) in [4.78, 5) is 31.0. The van der Waals surface area contributed by atoms with Gasteiger partial charge in [-0.1, -0.05) is 17.7 Å². The van der Waals surface area contributed by atoms with Crippen LogP contribution in [0.25, 0.3) is 11.2 Å². The SMILES string of the molecule is Cc1ccc(OC[C@H](O)Cn2c(NCCCN)nc3c2c(=O)[nH]c(=O)n3C)cc1. The summed E-state index contributed by atoms with van der Waals surface area (Å²) in [5.41, 5.74) is 5.98. The van der Waals surface area contributed by atoms with Crippen LogP contribution in [-0.4, -0.2) is 50.0 Å². The third-order valence-corrected chi connectivity index (χ3v) is 4.53. The number of ether oxygens (including phenoxy) is 1. The Kier molecular flexibility index (Phi) is 6.35. The summed E-state index contributed by atoms with van der Waals surface area (Å²) in [7, 11) is 1.53. The van der Waals surface area contributed by atoms with Gasteiger partial charge in [-0.3, -0.25) is 14.3 Å². The van der Waals surface area contributed by atoms with Crippen LogP contribution >= 0.6 is 0 Å². The number of nitrogens with one attached hydrogen (secondary N) is 2. The Morgan fingerprint density at radius 3 is 2.72 bits per heavy atom. The number of H-pyrrole nitrogens is 1. The molecule has 3 rings (SSSR count). The molecule has 10 heteroatoms. The maximum Gasteiger partial charge on any atom is 0.329 e. The fraction of sp³-hybridized carbons (Fsp3) is 0.421. The van der Waals surface area contributed by atoms with Crippen molar-refractivity contribution in [3.8, 4) is 5.75 Å². The monoisotopic (exact) mass is 402 g/mol. The van der Waals surface area contributed by atoms with E-state index in [2.05, 4.69) is 15.3 Å². The van der Waals surface area contributed by atoms with E-state index in [0.29, 0.717) is 31.2 Å². The molecule has 0 spiro atoms. The highest BCUT2D eigenvalue weighted by Gasteiger charge is 2.19. The third kappa shape index (κ3) is 4.66. The summed E-state index contributed by atoms with van der Waals surface area (Å²) in [5.74, 6) is 1.03.